The summed E-state index contributed by atoms with van der Waals surface area (Å²) in [7, 11) is 0. The first-order valence-electron chi connectivity index (χ1n) is 6.27. The number of amides is 2. The van der Waals surface area contributed by atoms with Crippen molar-refractivity contribution in [2.75, 3.05) is 17.2 Å². The highest BCUT2D eigenvalue weighted by Crippen LogP contribution is 2.31. The Hall–Kier alpha value is -1.70. The van der Waals surface area contributed by atoms with Gasteiger partial charge in [0.15, 0.2) is 6.23 Å². The van der Waals surface area contributed by atoms with Gasteiger partial charge in [-0.15, -0.1) is 0 Å². The molecule has 0 aromatic carbocycles. The van der Waals surface area contributed by atoms with Gasteiger partial charge in [0, 0.05) is 0 Å². The third kappa shape index (κ3) is 2.00. The Bertz CT molecular complexity index is 682. The Balaban J connectivity index is 2.07. The molecule has 22 heavy (non-hydrogen) atoms. The van der Waals surface area contributed by atoms with Crippen LogP contribution in [-0.4, -0.2) is 62.5 Å². The van der Waals surface area contributed by atoms with Crippen LogP contribution in [0, 0.1) is 0 Å². The van der Waals surface area contributed by atoms with Gasteiger partial charge >= 0.3 is 11.6 Å². The number of aliphatic hydroxyl groups excluding tert-OH is 3. The highest BCUT2D eigenvalue weighted by molar-refractivity contribution is 7.51. The van der Waals surface area contributed by atoms with Gasteiger partial charge in [0.05, 0.1) is 6.61 Å². The molecule has 0 radical (unpaired) electrons. The van der Waals surface area contributed by atoms with Crippen molar-refractivity contribution in [3.05, 3.63) is 10.4 Å². The molecule has 1 aromatic heterocycles. The summed E-state index contributed by atoms with van der Waals surface area (Å²) < 4.78 is 4.99. The third-order valence-electron chi connectivity index (χ3n) is 3.56. The summed E-state index contributed by atoms with van der Waals surface area (Å²) in [6.07, 6.45) is -5.32. The summed E-state index contributed by atoms with van der Waals surface area (Å²) in [5.74, 6) is -0.385. The van der Waals surface area contributed by atoms with E-state index in [0.717, 1.165) is 4.90 Å². The van der Waals surface area contributed by atoms with Gasteiger partial charge < -0.3 is 42.9 Å². The molecule has 0 spiro atoms. The second kappa shape index (κ2) is 5.19. The summed E-state index contributed by atoms with van der Waals surface area (Å²) in [6.45, 7) is -0.557. The molecule has 11 nitrogen and oxygen atoms in total. The number of quaternary nitrogens is 1. The maximum atomic E-state index is 12.3. The zero-order valence-electron chi connectivity index (χ0n) is 11.0. The number of anilines is 2. The number of fused-ring (bicyclic) bond motifs is 1. The number of nitrogens with zero attached hydrogens (tertiary/aromatic N) is 2. The lowest BCUT2D eigenvalue weighted by molar-refractivity contribution is -0.567. The molecule has 1 fully saturated rings. The van der Waals surface area contributed by atoms with E-state index in [1.54, 1.807) is 0 Å². The molecule has 1 saturated heterocycles. The van der Waals surface area contributed by atoms with E-state index >= 15 is 0 Å². The van der Waals surface area contributed by atoms with Crippen LogP contribution in [-0.2, 0) is 17.6 Å². The maximum absolute atomic E-state index is 12.3. The molecule has 0 bridgehead atoms. The van der Waals surface area contributed by atoms with Crippen molar-refractivity contribution < 1.29 is 29.2 Å². The molecule has 2 amide bonds. The van der Waals surface area contributed by atoms with Crippen LogP contribution in [0.5, 0.6) is 0 Å². The van der Waals surface area contributed by atoms with Crippen LogP contribution >= 0.6 is 0 Å². The molecule has 0 aliphatic carbocycles. The fraction of sp³-hybridized carbons (Fsp3) is 0.500. The zero-order valence-corrected chi connectivity index (χ0v) is 11.8. The van der Waals surface area contributed by atoms with Gasteiger partial charge in [0.25, 0.3) is 0 Å². The average molecular weight is 331 g/mol. The standard InChI is InChI=1S/C10H13N5O6S/c11-9-12-6-3(7(19)13-9)15(22)10(20)14(6)8-5(18)4(17)2(1-16)21-8/h2,4-5,8,15-18H,1H2,(H3,11,12,13,19)/t2-,4-,5-,8-/m1/s1. The Kier molecular flexibility index (Phi) is 3.58. The van der Waals surface area contributed by atoms with Crippen LogP contribution in [0.3, 0.4) is 0 Å². The predicted molar refractivity (Wildman–Crippen MR) is 72.9 cm³/mol. The highest BCUT2D eigenvalue weighted by atomic mass is 32.1. The lowest BCUT2D eigenvalue weighted by atomic mass is 10.1. The van der Waals surface area contributed by atoms with E-state index in [1.165, 1.54) is 0 Å². The molecule has 3 rings (SSSR count). The number of aromatic amines is 1. The van der Waals surface area contributed by atoms with Gasteiger partial charge in [-0.3, -0.25) is 9.78 Å². The summed E-state index contributed by atoms with van der Waals surface area (Å²) in [5, 5.41) is 28.9. The highest BCUT2D eigenvalue weighted by Gasteiger charge is 2.53. The van der Waals surface area contributed by atoms with Crippen LogP contribution in [0.15, 0.2) is 4.79 Å². The number of hydrogen-bond acceptors (Lipinski definition) is 9. The minimum absolute atomic E-state index is 0.146. The number of H-pyrrole nitrogens is 1. The normalized spacial score (nSPS) is 34.3. The molecule has 0 saturated carbocycles. The fourth-order valence-corrected chi connectivity index (χ4v) is 2.78. The van der Waals surface area contributed by atoms with Gasteiger partial charge in [0.2, 0.25) is 17.5 Å². The van der Waals surface area contributed by atoms with Crippen molar-refractivity contribution >= 4 is 36.3 Å². The number of urea groups is 1. The van der Waals surface area contributed by atoms with Crippen molar-refractivity contribution in [2.24, 2.45) is 0 Å². The molecule has 1 unspecified atom stereocenters. The molecular weight excluding hydrogens is 318 g/mol. The number of ether oxygens (including phenoxy) is 1. The summed E-state index contributed by atoms with van der Waals surface area (Å²) >= 11 is 4.92. The number of carbonyl (C=O) groups excluding carboxylic acids is 1. The molecule has 2 aliphatic heterocycles. The van der Waals surface area contributed by atoms with E-state index in [9.17, 15) is 19.8 Å². The van der Waals surface area contributed by atoms with Gasteiger partial charge in [0.1, 0.15) is 18.3 Å². The monoisotopic (exact) mass is 331 g/mol. The van der Waals surface area contributed by atoms with E-state index < -0.39 is 42.7 Å². The zero-order chi connectivity index (χ0) is 16.2. The van der Waals surface area contributed by atoms with Gasteiger partial charge in [-0.05, 0) is 0 Å². The molecule has 5 atom stereocenters. The lowest BCUT2D eigenvalue weighted by Crippen LogP contribution is -3.06. The number of carbonyl (C=O) groups is 1. The fourth-order valence-electron chi connectivity index (χ4n) is 2.50. The minimum Gasteiger partial charge on any atom is -0.478 e. The van der Waals surface area contributed by atoms with Crippen LogP contribution in [0.1, 0.15) is 0 Å². The van der Waals surface area contributed by atoms with Crippen LogP contribution in [0.2, 0.25) is 0 Å². The van der Waals surface area contributed by atoms with Crippen molar-refractivity contribution in [3.63, 3.8) is 0 Å². The number of aliphatic hydroxyl groups is 3. The van der Waals surface area contributed by atoms with E-state index in [2.05, 4.69) is 9.97 Å². The molecule has 7 N–H and O–H groups in total. The van der Waals surface area contributed by atoms with Gasteiger partial charge in [-0.25, -0.2) is 9.69 Å². The van der Waals surface area contributed by atoms with Crippen LogP contribution < -0.4 is 20.5 Å². The van der Waals surface area contributed by atoms with E-state index in [4.69, 9.17) is 28.4 Å². The molecule has 1 aromatic rings. The first kappa shape index (κ1) is 15.2. The van der Waals surface area contributed by atoms with Crippen molar-refractivity contribution in [2.45, 2.75) is 24.5 Å². The first-order valence-corrected chi connectivity index (χ1v) is 6.67. The van der Waals surface area contributed by atoms with E-state index in [-0.39, 0.29) is 21.8 Å². The molecule has 120 valence electrons. The largest absolute Gasteiger partial charge is 0.478 e. The van der Waals surface area contributed by atoms with Gasteiger partial charge in [-0.1, -0.05) is 0 Å². The Morgan fingerprint density at radius 1 is 1.41 bits per heavy atom. The molecule has 2 aliphatic rings. The second-order valence-corrected chi connectivity index (χ2v) is 5.29. The summed E-state index contributed by atoms with van der Waals surface area (Å²) in [5.41, 5.74) is 4.63. The smallest absolute Gasteiger partial charge is 0.413 e. The van der Waals surface area contributed by atoms with Crippen LogP contribution in [0.25, 0.3) is 0 Å². The molecule has 12 heteroatoms. The Labute approximate surface area is 128 Å². The lowest BCUT2D eigenvalue weighted by Gasteiger charge is -2.24. The number of aromatic nitrogens is 2. The van der Waals surface area contributed by atoms with Crippen LogP contribution in [0.4, 0.5) is 22.2 Å². The average Bonchev–Trinajstić information content (AvgIpc) is 2.87. The molecular formula is C10H13N5O6S. The van der Waals surface area contributed by atoms with Crippen molar-refractivity contribution in [1.29, 1.82) is 0 Å². The Morgan fingerprint density at radius 3 is 2.68 bits per heavy atom. The Morgan fingerprint density at radius 2 is 2.09 bits per heavy atom. The number of nitrogen functional groups attached to an aromatic ring is 1. The number of nitrogens with one attached hydrogen (secondary N) is 2. The summed E-state index contributed by atoms with van der Waals surface area (Å²) in [4.78, 5) is 31.1. The first-order chi connectivity index (χ1) is 10.4. The SMILES string of the molecule is Nc1nc2c(c(=O)[nH]1)[NH+]([S-])C(=O)N2[C@@H]1O[C@H](CO)[C@@H](O)[C@H]1O. The topological polar surface area (TPSA) is 166 Å². The number of nitrogens with two attached hydrogens (primary N) is 1. The van der Waals surface area contributed by atoms with Crippen molar-refractivity contribution in [3.8, 4) is 0 Å². The minimum atomic E-state index is -1.50. The maximum Gasteiger partial charge on any atom is 0.413 e. The van der Waals surface area contributed by atoms with Crippen molar-refractivity contribution in [1.82, 2.24) is 9.97 Å². The van der Waals surface area contributed by atoms with E-state index in [0.29, 0.717) is 0 Å². The molecule has 3 heterocycles. The number of rotatable bonds is 2. The summed E-state index contributed by atoms with van der Waals surface area (Å²) in [6, 6.07) is -0.775. The number of hydrogen-bond donors (Lipinski definition) is 6. The third-order valence-corrected chi connectivity index (χ3v) is 3.94. The quantitative estimate of drug-likeness (QED) is 0.294. The second-order valence-electron chi connectivity index (χ2n) is 4.88. The predicted octanol–water partition coefficient (Wildman–Crippen LogP) is -4.29. The van der Waals surface area contributed by atoms with E-state index in [1.807, 2.05) is 0 Å². The van der Waals surface area contributed by atoms with Gasteiger partial charge in [-0.2, -0.15) is 4.98 Å².